The lowest BCUT2D eigenvalue weighted by Gasteiger charge is -2.35. The average Bonchev–Trinajstić information content (AvgIpc) is 3.06. The molecule has 5 heteroatoms. The lowest BCUT2D eigenvalue weighted by molar-refractivity contribution is -0.132. The van der Waals surface area contributed by atoms with Gasteiger partial charge in [-0.05, 0) is 36.8 Å². The van der Waals surface area contributed by atoms with Gasteiger partial charge in [-0.3, -0.25) is 4.79 Å². The highest BCUT2D eigenvalue weighted by Gasteiger charge is 2.33. The van der Waals surface area contributed by atoms with Gasteiger partial charge in [0.25, 0.3) is 0 Å². The zero-order valence-corrected chi connectivity index (χ0v) is 14.4. The van der Waals surface area contributed by atoms with Crippen molar-refractivity contribution in [2.45, 2.75) is 45.1 Å². The van der Waals surface area contributed by atoms with Crippen LogP contribution in [0.5, 0.6) is 0 Å². The topological polar surface area (TPSA) is 49.9 Å². The molecule has 5 nitrogen and oxygen atoms in total. The van der Waals surface area contributed by atoms with Crippen molar-refractivity contribution in [2.24, 2.45) is 0 Å². The van der Waals surface area contributed by atoms with E-state index in [1.807, 2.05) is 9.80 Å². The number of rotatable bonds is 5. The minimum Gasteiger partial charge on any atom is -0.448 e. The first kappa shape index (κ1) is 16.8. The number of ether oxygens (including phenoxy) is 1. The van der Waals surface area contributed by atoms with Gasteiger partial charge in [0.1, 0.15) is 6.61 Å². The summed E-state index contributed by atoms with van der Waals surface area (Å²) in [6.07, 6.45) is 3.90. The van der Waals surface area contributed by atoms with Crippen LogP contribution >= 0.6 is 0 Å². The Hall–Kier alpha value is -2.04. The van der Waals surface area contributed by atoms with Crippen LogP contribution in [0.2, 0.25) is 0 Å². The van der Waals surface area contributed by atoms with E-state index in [0.717, 1.165) is 38.8 Å². The molecule has 0 bridgehead atoms. The summed E-state index contributed by atoms with van der Waals surface area (Å²) >= 11 is 0. The summed E-state index contributed by atoms with van der Waals surface area (Å²) in [6, 6.07) is 8.75. The standard InChI is InChI=1S/C19H26N2O3/c1-2-15-3-5-16(6-4-15)7-8-18(22)20-11-9-17(10-12-20)21-13-14-24-19(21)23/h3-6,17H,2,7-14H2,1H3. The van der Waals surface area contributed by atoms with Gasteiger partial charge in [-0.25, -0.2) is 4.79 Å². The molecule has 2 amide bonds. The molecule has 0 unspecified atom stereocenters. The van der Waals surface area contributed by atoms with Crippen molar-refractivity contribution in [2.75, 3.05) is 26.2 Å². The Morgan fingerprint density at radius 1 is 1.12 bits per heavy atom. The van der Waals surface area contributed by atoms with Crippen LogP contribution < -0.4 is 0 Å². The minimum atomic E-state index is -0.199. The summed E-state index contributed by atoms with van der Waals surface area (Å²) in [5.74, 6) is 0.219. The Kier molecular flexibility index (Phi) is 5.38. The Balaban J connectivity index is 1.44. The van der Waals surface area contributed by atoms with Crippen LogP contribution in [-0.2, 0) is 22.4 Å². The van der Waals surface area contributed by atoms with E-state index < -0.39 is 0 Å². The number of hydrogen-bond donors (Lipinski definition) is 0. The molecule has 0 saturated carbocycles. The number of piperidine rings is 1. The molecule has 2 aliphatic heterocycles. The van der Waals surface area contributed by atoms with Crippen molar-refractivity contribution in [1.82, 2.24) is 9.80 Å². The second-order valence-corrected chi connectivity index (χ2v) is 6.59. The number of aryl methyl sites for hydroxylation is 2. The maximum absolute atomic E-state index is 12.4. The van der Waals surface area contributed by atoms with Gasteiger partial charge in [0.2, 0.25) is 5.91 Å². The van der Waals surface area contributed by atoms with Crippen LogP contribution in [0.1, 0.15) is 37.3 Å². The summed E-state index contributed by atoms with van der Waals surface area (Å²) in [5, 5.41) is 0. The first-order valence-corrected chi connectivity index (χ1v) is 8.96. The van der Waals surface area contributed by atoms with Crippen LogP contribution in [0, 0.1) is 0 Å². The molecule has 1 aromatic rings. The zero-order valence-electron chi connectivity index (χ0n) is 14.4. The molecule has 3 rings (SSSR count). The molecule has 0 aromatic heterocycles. The van der Waals surface area contributed by atoms with Crippen molar-refractivity contribution in [1.29, 1.82) is 0 Å². The second-order valence-electron chi connectivity index (χ2n) is 6.59. The number of hydrogen-bond acceptors (Lipinski definition) is 3. The predicted molar refractivity (Wildman–Crippen MR) is 91.8 cm³/mol. The highest BCUT2D eigenvalue weighted by Crippen LogP contribution is 2.20. The van der Waals surface area contributed by atoms with Crippen LogP contribution in [0.15, 0.2) is 24.3 Å². The lowest BCUT2D eigenvalue weighted by atomic mass is 10.0. The van der Waals surface area contributed by atoms with Gasteiger partial charge in [0.15, 0.2) is 0 Å². The quantitative estimate of drug-likeness (QED) is 0.834. The molecule has 130 valence electrons. The fraction of sp³-hybridized carbons (Fsp3) is 0.579. The van der Waals surface area contributed by atoms with Gasteiger partial charge in [-0.15, -0.1) is 0 Å². The number of amides is 2. The van der Waals surface area contributed by atoms with Gasteiger partial charge in [-0.1, -0.05) is 31.2 Å². The maximum atomic E-state index is 12.4. The van der Waals surface area contributed by atoms with Gasteiger partial charge in [0.05, 0.1) is 6.54 Å². The highest BCUT2D eigenvalue weighted by atomic mass is 16.6. The average molecular weight is 330 g/mol. The molecule has 2 heterocycles. The third-order valence-corrected chi connectivity index (χ3v) is 5.11. The molecule has 0 atom stereocenters. The Morgan fingerprint density at radius 2 is 1.79 bits per heavy atom. The van der Waals surface area contributed by atoms with Gasteiger partial charge in [-0.2, -0.15) is 0 Å². The van der Waals surface area contributed by atoms with Gasteiger partial charge in [0, 0.05) is 25.6 Å². The molecule has 2 aliphatic rings. The number of nitrogens with zero attached hydrogens (tertiary/aromatic N) is 2. The van der Waals surface area contributed by atoms with Crippen LogP contribution in [-0.4, -0.2) is 54.1 Å². The first-order valence-electron chi connectivity index (χ1n) is 8.96. The van der Waals surface area contributed by atoms with Crippen LogP contribution in [0.4, 0.5) is 4.79 Å². The third kappa shape index (κ3) is 3.89. The van der Waals surface area contributed by atoms with Crippen molar-refractivity contribution in [3.63, 3.8) is 0 Å². The summed E-state index contributed by atoms with van der Waals surface area (Å²) in [7, 11) is 0. The molecule has 0 N–H and O–H groups in total. The Morgan fingerprint density at radius 3 is 2.38 bits per heavy atom. The van der Waals surface area contributed by atoms with Gasteiger partial charge < -0.3 is 14.5 Å². The van der Waals surface area contributed by atoms with E-state index in [-0.39, 0.29) is 18.0 Å². The van der Waals surface area contributed by atoms with E-state index in [1.165, 1.54) is 11.1 Å². The van der Waals surface area contributed by atoms with Crippen molar-refractivity contribution in [3.8, 4) is 0 Å². The molecule has 0 spiro atoms. The van der Waals surface area contributed by atoms with Crippen molar-refractivity contribution < 1.29 is 14.3 Å². The normalized spacial score (nSPS) is 18.8. The summed E-state index contributed by atoms with van der Waals surface area (Å²) in [5.41, 5.74) is 2.54. The molecule has 0 aliphatic carbocycles. The number of carbonyl (C=O) groups excluding carboxylic acids is 2. The fourth-order valence-corrected chi connectivity index (χ4v) is 3.52. The predicted octanol–water partition coefficient (Wildman–Crippen LogP) is 2.62. The molecular weight excluding hydrogens is 304 g/mol. The van der Waals surface area contributed by atoms with E-state index in [4.69, 9.17) is 4.74 Å². The van der Waals surface area contributed by atoms with Crippen molar-refractivity contribution in [3.05, 3.63) is 35.4 Å². The molecule has 2 fully saturated rings. The van der Waals surface area contributed by atoms with E-state index in [2.05, 4.69) is 31.2 Å². The number of benzene rings is 1. The maximum Gasteiger partial charge on any atom is 0.410 e. The lowest BCUT2D eigenvalue weighted by Crippen LogP contribution is -2.47. The molecular formula is C19H26N2O3. The minimum absolute atomic E-state index is 0.199. The first-order chi connectivity index (χ1) is 11.7. The zero-order chi connectivity index (χ0) is 16.9. The van der Waals surface area contributed by atoms with Crippen LogP contribution in [0.25, 0.3) is 0 Å². The molecule has 1 aromatic carbocycles. The number of likely N-dealkylation sites (tertiary alicyclic amines) is 1. The fourth-order valence-electron chi connectivity index (χ4n) is 3.52. The summed E-state index contributed by atoms with van der Waals surface area (Å²) < 4.78 is 5.00. The monoisotopic (exact) mass is 330 g/mol. The smallest absolute Gasteiger partial charge is 0.410 e. The molecule has 24 heavy (non-hydrogen) atoms. The Bertz CT molecular complexity index is 577. The SMILES string of the molecule is CCc1ccc(CCC(=O)N2CCC(N3CCOC3=O)CC2)cc1. The summed E-state index contributed by atoms with van der Waals surface area (Å²) in [6.45, 7) is 4.80. The molecule has 2 saturated heterocycles. The number of carbonyl (C=O) groups is 2. The van der Waals surface area contributed by atoms with E-state index in [0.29, 0.717) is 19.6 Å². The second kappa shape index (κ2) is 7.69. The highest BCUT2D eigenvalue weighted by molar-refractivity contribution is 5.76. The van der Waals surface area contributed by atoms with Gasteiger partial charge >= 0.3 is 6.09 Å². The van der Waals surface area contributed by atoms with E-state index in [1.54, 1.807) is 0 Å². The Labute approximate surface area is 143 Å². The molecule has 0 radical (unpaired) electrons. The van der Waals surface area contributed by atoms with Crippen LogP contribution in [0.3, 0.4) is 0 Å². The summed E-state index contributed by atoms with van der Waals surface area (Å²) in [4.78, 5) is 27.8. The largest absolute Gasteiger partial charge is 0.448 e. The van der Waals surface area contributed by atoms with E-state index in [9.17, 15) is 9.59 Å². The van der Waals surface area contributed by atoms with E-state index >= 15 is 0 Å². The third-order valence-electron chi connectivity index (χ3n) is 5.11. The van der Waals surface area contributed by atoms with Crippen molar-refractivity contribution >= 4 is 12.0 Å². The number of cyclic esters (lactones) is 1.